The van der Waals surface area contributed by atoms with Crippen LogP contribution in [0.25, 0.3) is 0 Å². The highest BCUT2D eigenvalue weighted by atomic mass is 32.2. The van der Waals surface area contributed by atoms with Crippen LogP contribution in [-0.4, -0.2) is 37.8 Å². The van der Waals surface area contributed by atoms with Crippen molar-refractivity contribution in [2.24, 2.45) is 0 Å². The zero-order valence-corrected chi connectivity index (χ0v) is 15.8. The van der Waals surface area contributed by atoms with Crippen molar-refractivity contribution in [1.29, 1.82) is 0 Å². The van der Waals surface area contributed by atoms with Crippen molar-refractivity contribution in [3.05, 3.63) is 59.4 Å². The number of rotatable bonds is 3. The maximum atomic E-state index is 13.1. The molecule has 1 fully saturated rings. The zero-order chi connectivity index (χ0) is 19.1. The molecule has 0 bridgehead atoms. The van der Waals surface area contributed by atoms with E-state index < -0.39 is 21.9 Å². The molecule has 5 nitrogen and oxygen atoms in total. The van der Waals surface area contributed by atoms with E-state index in [0.717, 1.165) is 28.9 Å². The highest BCUT2D eigenvalue weighted by molar-refractivity contribution is 7.89. The molecule has 1 atom stereocenters. The fourth-order valence-electron chi connectivity index (χ4n) is 3.27. The van der Waals surface area contributed by atoms with Crippen molar-refractivity contribution in [2.45, 2.75) is 31.7 Å². The van der Waals surface area contributed by atoms with E-state index in [1.165, 1.54) is 16.4 Å². The first kappa shape index (κ1) is 18.5. The Balaban J connectivity index is 1.89. The molecule has 138 valence electrons. The average molecular weight is 376 g/mol. The molecule has 0 spiro atoms. The van der Waals surface area contributed by atoms with Crippen molar-refractivity contribution in [3.63, 3.8) is 0 Å². The monoisotopic (exact) mass is 376 g/mol. The van der Waals surface area contributed by atoms with Crippen LogP contribution in [-0.2, 0) is 14.8 Å². The predicted octanol–water partition coefficient (Wildman–Crippen LogP) is 2.87. The molecule has 1 heterocycles. The first-order valence-corrected chi connectivity index (χ1v) is 9.82. The smallest absolute Gasteiger partial charge is 0.245 e. The Morgan fingerprint density at radius 1 is 1.04 bits per heavy atom. The molecule has 1 saturated heterocycles. The Bertz CT molecular complexity index is 942. The SMILES string of the molecule is Cc1ccc(N2CCN(S(=O)(=O)c3ccc(F)cc3)C(C)C2=O)c(C)c1. The molecule has 0 radical (unpaired) electrons. The molecular weight excluding hydrogens is 355 g/mol. The van der Waals surface area contributed by atoms with Gasteiger partial charge in [-0.3, -0.25) is 4.79 Å². The first-order chi connectivity index (χ1) is 12.2. The van der Waals surface area contributed by atoms with Crippen molar-refractivity contribution in [1.82, 2.24) is 4.31 Å². The van der Waals surface area contributed by atoms with E-state index in [1.54, 1.807) is 11.8 Å². The molecule has 0 N–H and O–H groups in total. The molecule has 1 unspecified atom stereocenters. The molecule has 2 aromatic rings. The second-order valence-electron chi connectivity index (χ2n) is 6.53. The quantitative estimate of drug-likeness (QED) is 0.828. The fourth-order valence-corrected chi connectivity index (χ4v) is 4.85. The van der Waals surface area contributed by atoms with Crippen LogP contribution in [0.5, 0.6) is 0 Å². The lowest BCUT2D eigenvalue weighted by atomic mass is 10.1. The largest absolute Gasteiger partial charge is 0.309 e. The number of sulfonamides is 1. The van der Waals surface area contributed by atoms with Gasteiger partial charge in [-0.15, -0.1) is 0 Å². The van der Waals surface area contributed by atoms with Gasteiger partial charge in [-0.2, -0.15) is 4.31 Å². The van der Waals surface area contributed by atoms with E-state index in [4.69, 9.17) is 0 Å². The number of benzene rings is 2. The summed E-state index contributed by atoms with van der Waals surface area (Å²) in [6, 6.07) is 9.63. The number of halogens is 1. The molecule has 1 aliphatic heterocycles. The van der Waals surface area contributed by atoms with Crippen molar-refractivity contribution in [3.8, 4) is 0 Å². The summed E-state index contributed by atoms with van der Waals surface area (Å²) in [6.07, 6.45) is 0. The molecule has 26 heavy (non-hydrogen) atoms. The predicted molar refractivity (Wildman–Crippen MR) is 98.0 cm³/mol. The number of nitrogens with zero attached hydrogens (tertiary/aromatic N) is 2. The number of anilines is 1. The summed E-state index contributed by atoms with van der Waals surface area (Å²) >= 11 is 0. The lowest BCUT2D eigenvalue weighted by Crippen LogP contribution is -2.57. The highest BCUT2D eigenvalue weighted by Gasteiger charge is 2.39. The summed E-state index contributed by atoms with van der Waals surface area (Å²) in [7, 11) is -3.86. The van der Waals surface area contributed by atoms with Crippen LogP contribution in [0, 0.1) is 19.7 Å². The Morgan fingerprint density at radius 2 is 1.69 bits per heavy atom. The van der Waals surface area contributed by atoms with E-state index in [-0.39, 0.29) is 23.9 Å². The Labute approximate surface area is 153 Å². The molecule has 0 saturated carbocycles. The normalized spacial score (nSPS) is 19.0. The number of hydrogen-bond acceptors (Lipinski definition) is 3. The molecule has 3 rings (SSSR count). The van der Waals surface area contributed by atoms with Crippen LogP contribution in [0.1, 0.15) is 18.1 Å². The third-order valence-electron chi connectivity index (χ3n) is 4.66. The maximum absolute atomic E-state index is 13.1. The average Bonchev–Trinajstić information content (AvgIpc) is 2.58. The van der Waals surface area contributed by atoms with Crippen molar-refractivity contribution in [2.75, 3.05) is 18.0 Å². The summed E-state index contributed by atoms with van der Waals surface area (Å²) in [5, 5.41) is 0. The summed E-state index contributed by atoms with van der Waals surface area (Å²) in [5.74, 6) is -0.776. The fraction of sp³-hybridized carbons (Fsp3) is 0.316. The van der Waals surface area contributed by atoms with Crippen LogP contribution < -0.4 is 4.90 Å². The van der Waals surface area contributed by atoms with Gasteiger partial charge >= 0.3 is 0 Å². The van der Waals surface area contributed by atoms with Crippen LogP contribution >= 0.6 is 0 Å². The van der Waals surface area contributed by atoms with Gasteiger partial charge in [0.2, 0.25) is 15.9 Å². The summed E-state index contributed by atoms with van der Waals surface area (Å²) < 4.78 is 40.0. The van der Waals surface area contributed by atoms with Gasteiger partial charge in [-0.05, 0) is 56.7 Å². The van der Waals surface area contributed by atoms with E-state index in [2.05, 4.69) is 0 Å². The van der Waals surface area contributed by atoms with Crippen molar-refractivity contribution >= 4 is 21.6 Å². The van der Waals surface area contributed by atoms with Gasteiger partial charge in [0.15, 0.2) is 0 Å². The number of amides is 1. The van der Waals surface area contributed by atoms with Gasteiger partial charge in [-0.25, -0.2) is 12.8 Å². The highest BCUT2D eigenvalue weighted by Crippen LogP contribution is 2.28. The van der Waals surface area contributed by atoms with Gasteiger partial charge in [0.05, 0.1) is 4.90 Å². The Hall–Kier alpha value is -2.25. The molecule has 0 aromatic heterocycles. The summed E-state index contributed by atoms with van der Waals surface area (Å²) in [5.41, 5.74) is 2.87. The minimum atomic E-state index is -3.86. The third kappa shape index (κ3) is 3.24. The van der Waals surface area contributed by atoms with Crippen LogP contribution in [0.3, 0.4) is 0 Å². The zero-order valence-electron chi connectivity index (χ0n) is 14.9. The molecule has 7 heteroatoms. The lowest BCUT2D eigenvalue weighted by molar-refractivity contribution is -0.123. The van der Waals surface area contributed by atoms with E-state index >= 15 is 0 Å². The van der Waals surface area contributed by atoms with Gasteiger partial charge in [-0.1, -0.05) is 17.7 Å². The van der Waals surface area contributed by atoms with Gasteiger partial charge in [0, 0.05) is 18.8 Å². The van der Waals surface area contributed by atoms with E-state index in [0.29, 0.717) is 0 Å². The first-order valence-electron chi connectivity index (χ1n) is 8.38. The summed E-state index contributed by atoms with van der Waals surface area (Å²) in [4.78, 5) is 14.5. The number of piperazine rings is 1. The van der Waals surface area contributed by atoms with E-state index in [9.17, 15) is 17.6 Å². The molecule has 2 aromatic carbocycles. The number of carbonyl (C=O) groups is 1. The molecule has 1 amide bonds. The second-order valence-corrected chi connectivity index (χ2v) is 8.42. The maximum Gasteiger partial charge on any atom is 0.245 e. The minimum Gasteiger partial charge on any atom is -0.309 e. The van der Waals surface area contributed by atoms with Crippen LogP contribution in [0.4, 0.5) is 10.1 Å². The van der Waals surface area contributed by atoms with Crippen LogP contribution in [0.15, 0.2) is 47.4 Å². The van der Waals surface area contributed by atoms with Gasteiger partial charge < -0.3 is 4.90 Å². The Morgan fingerprint density at radius 3 is 2.31 bits per heavy atom. The topological polar surface area (TPSA) is 57.7 Å². The van der Waals surface area contributed by atoms with Gasteiger partial charge in [0.25, 0.3) is 0 Å². The van der Waals surface area contributed by atoms with Crippen LogP contribution in [0.2, 0.25) is 0 Å². The number of hydrogen-bond donors (Lipinski definition) is 0. The molecule has 1 aliphatic rings. The van der Waals surface area contributed by atoms with E-state index in [1.807, 2.05) is 32.0 Å². The number of aryl methyl sites for hydroxylation is 2. The third-order valence-corrected chi connectivity index (χ3v) is 6.65. The van der Waals surface area contributed by atoms with Crippen molar-refractivity contribution < 1.29 is 17.6 Å². The summed E-state index contributed by atoms with van der Waals surface area (Å²) in [6.45, 7) is 5.95. The second kappa shape index (κ2) is 6.81. The Kier molecular flexibility index (Phi) is 4.86. The molecular formula is C19H21FN2O3S. The standard InChI is InChI=1S/C19H21FN2O3S/c1-13-4-9-18(14(2)12-13)21-10-11-22(15(3)19(21)23)26(24,25)17-7-5-16(20)6-8-17/h4-9,12,15H,10-11H2,1-3H3. The van der Waals surface area contributed by atoms with Gasteiger partial charge in [0.1, 0.15) is 11.9 Å². The lowest BCUT2D eigenvalue weighted by Gasteiger charge is -2.38. The minimum absolute atomic E-state index is 0.0153. The molecule has 0 aliphatic carbocycles. The number of carbonyl (C=O) groups excluding carboxylic acids is 1.